The first-order chi connectivity index (χ1) is 32.2. The predicted octanol–water partition coefficient (Wildman–Crippen LogP) is 15.7. The van der Waals surface area contributed by atoms with Crippen molar-refractivity contribution in [2.45, 2.75) is 252 Å². The summed E-state index contributed by atoms with van der Waals surface area (Å²) in [6, 6.07) is 0. The van der Waals surface area contributed by atoms with E-state index >= 15 is 0 Å². The van der Waals surface area contributed by atoms with Gasteiger partial charge in [-0.1, -0.05) is 193 Å². The summed E-state index contributed by atoms with van der Waals surface area (Å²) >= 11 is 0. The molecule has 0 fully saturated rings. The highest BCUT2D eigenvalue weighted by Crippen LogP contribution is 2.14. The first-order valence-electron chi connectivity index (χ1n) is 28.3. The Balaban J connectivity index is 4.80. The first-order valence-corrected chi connectivity index (χ1v) is 28.3. The predicted molar refractivity (Wildman–Crippen MR) is 278 cm³/mol. The second kappa shape index (κ2) is 57.0. The lowest BCUT2D eigenvalue weighted by atomic mass is 10.1. The molecule has 0 N–H and O–H groups in total. The van der Waals surface area contributed by atoms with Crippen LogP contribution in [0.1, 0.15) is 246 Å². The Morgan fingerprint density at radius 2 is 0.708 bits per heavy atom. The van der Waals surface area contributed by atoms with Crippen LogP contribution in [0.2, 0.25) is 0 Å². The third-order valence-electron chi connectivity index (χ3n) is 12.2. The summed E-state index contributed by atoms with van der Waals surface area (Å²) in [5.74, 6) is 0.0492. The minimum atomic E-state index is -0.571. The van der Waals surface area contributed by atoms with Gasteiger partial charge in [-0.05, 0) is 77.6 Å². The van der Waals surface area contributed by atoms with E-state index in [-0.39, 0.29) is 5.91 Å². The molecule has 0 aliphatic heterocycles. The molecule has 1 amide bonds. The van der Waals surface area contributed by atoms with Crippen molar-refractivity contribution in [2.75, 3.05) is 85.8 Å². The van der Waals surface area contributed by atoms with Crippen LogP contribution in [0.15, 0.2) is 24.3 Å². The Kier molecular flexibility index (Phi) is 55.9. The van der Waals surface area contributed by atoms with Crippen LogP contribution in [0, 0.1) is 0 Å². The van der Waals surface area contributed by atoms with Crippen LogP contribution in [0.25, 0.3) is 0 Å². The molecule has 0 heterocycles. The molecule has 0 aromatic rings. The van der Waals surface area contributed by atoms with E-state index in [4.69, 9.17) is 28.4 Å². The molecular weight excluding hydrogens is 811 g/mol. The molecule has 8 nitrogen and oxygen atoms in total. The van der Waals surface area contributed by atoms with E-state index in [9.17, 15) is 4.79 Å². The number of carbonyl (C=O) groups is 1. The van der Waals surface area contributed by atoms with Crippen LogP contribution in [-0.2, 0) is 33.2 Å². The number of rotatable bonds is 56. The lowest BCUT2D eigenvalue weighted by molar-refractivity contribution is -0.149. The number of hydrogen-bond donors (Lipinski definition) is 0. The Morgan fingerprint density at radius 1 is 0.354 bits per heavy atom. The number of nitrogens with zero attached hydrogens (tertiary/aromatic N) is 1. The lowest BCUT2D eigenvalue weighted by Gasteiger charge is -2.28. The molecule has 386 valence electrons. The molecule has 0 aromatic heterocycles. The quantitative estimate of drug-likeness (QED) is 0.0444. The fourth-order valence-electron chi connectivity index (χ4n) is 8.01. The molecule has 0 radical (unpaired) electrons. The highest BCUT2D eigenvalue weighted by molar-refractivity contribution is 5.81. The van der Waals surface area contributed by atoms with Gasteiger partial charge >= 0.3 is 0 Å². The van der Waals surface area contributed by atoms with E-state index in [1.807, 2.05) is 11.8 Å². The van der Waals surface area contributed by atoms with Gasteiger partial charge in [-0.3, -0.25) is 4.79 Å². The molecule has 1 atom stereocenters. The Hall–Kier alpha value is -1.29. The Labute approximate surface area is 404 Å². The van der Waals surface area contributed by atoms with Crippen LogP contribution >= 0.6 is 0 Å². The summed E-state index contributed by atoms with van der Waals surface area (Å²) in [6.07, 6.45) is 52.1. The smallest absolute Gasteiger partial charge is 0.254 e. The zero-order valence-electron chi connectivity index (χ0n) is 43.9. The van der Waals surface area contributed by atoms with Crippen molar-refractivity contribution in [3.05, 3.63) is 24.3 Å². The molecule has 65 heavy (non-hydrogen) atoms. The normalized spacial score (nSPS) is 12.4. The molecule has 0 aliphatic carbocycles. The number of ether oxygens (including phenoxy) is 6. The molecule has 0 saturated carbocycles. The average Bonchev–Trinajstić information content (AvgIpc) is 3.31. The van der Waals surface area contributed by atoms with Gasteiger partial charge in [0.05, 0.1) is 52.9 Å². The number of carbonyl (C=O) groups excluding carboxylic acids is 1. The van der Waals surface area contributed by atoms with Crippen LogP contribution in [0.3, 0.4) is 0 Å². The van der Waals surface area contributed by atoms with Crippen molar-refractivity contribution in [3.8, 4) is 0 Å². The van der Waals surface area contributed by atoms with Gasteiger partial charge in [0.15, 0.2) is 6.10 Å². The second-order valence-corrected chi connectivity index (χ2v) is 18.4. The van der Waals surface area contributed by atoms with Gasteiger partial charge in [0.25, 0.3) is 5.91 Å². The van der Waals surface area contributed by atoms with Crippen molar-refractivity contribution in [3.63, 3.8) is 0 Å². The summed E-state index contributed by atoms with van der Waals surface area (Å²) in [5, 5.41) is 0. The maximum Gasteiger partial charge on any atom is 0.254 e. The zero-order chi connectivity index (χ0) is 47.0. The van der Waals surface area contributed by atoms with Crippen molar-refractivity contribution in [2.24, 2.45) is 0 Å². The number of hydrogen-bond acceptors (Lipinski definition) is 7. The van der Waals surface area contributed by atoms with E-state index in [1.165, 1.54) is 186 Å². The Bertz CT molecular complexity index is 962. The van der Waals surface area contributed by atoms with E-state index in [0.717, 1.165) is 38.6 Å². The van der Waals surface area contributed by atoms with Gasteiger partial charge in [-0.2, -0.15) is 0 Å². The third kappa shape index (κ3) is 50.4. The molecular formula is C57H111NO7. The fourth-order valence-corrected chi connectivity index (χ4v) is 8.01. The van der Waals surface area contributed by atoms with E-state index in [1.54, 1.807) is 0 Å². The molecule has 8 heteroatoms. The average molecular weight is 923 g/mol. The third-order valence-corrected chi connectivity index (χ3v) is 12.2. The van der Waals surface area contributed by atoms with E-state index in [0.29, 0.717) is 79.2 Å². The van der Waals surface area contributed by atoms with Crippen LogP contribution in [0.4, 0.5) is 0 Å². The zero-order valence-corrected chi connectivity index (χ0v) is 43.9. The minimum absolute atomic E-state index is 0.0492. The Morgan fingerprint density at radius 3 is 1.14 bits per heavy atom. The molecule has 0 rings (SSSR count). The topological polar surface area (TPSA) is 75.7 Å². The SMILES string of the molecule is CCCCCCCC/C=C\CCCCCCCCOCC(OCCCCCCCC/C=C\CCCCCCCC)C(=O)N(CCCCCCCC)CCOCCOCCOCCOCC. The molecule has 1 unspecified atom stereocenters. The summed E-state index contributed by atoms with van der Waals surface area (Å²) < 4.78 is 35.1. The van der Waals surface area contributed by atoms with Crippen molar-refractivity contribution in [1.82, 2.24) is 4.90 Å². The summed E-state index contributed by atoms with van der Waals surface area (Å²) in [4.78, 5) is 16.1. The van der Waals surface area contributed by atoms with Crippen LogP contribution in [-0.4, -0.2) is 103 Å². The molecule has 0 saturated heterocycles. The maximum absolute atomic E-state index is 14.2. The minimum Gasteiger partial charge on any atom is -0.379 e. The monoisotopic (exact) mass is 922 g/mol. The van der Waals surface area contributed by atoms with Crippen LogP contribution < -0.4 is 0 Å². The van der Waals surface area contributed by atoms with Crippen LogP contribution in [0.5, 0.6) is 0 Å². The molecule has 0 spiro atoms. The van der Waals surface area contributed by atoms with Gasteiger partial charge < -0.3 is 33.3 Å². The largest absolute Gasteiger partial charge is 0.379 e. The highest BCUT2D eigenvalue weighted by Gasteiger charge is 2.25. The molecule has 0 aliphatic rings. The standard InChI is InChI=1S/C57H111NO7/c1-5-9-12-15-18-20-22-24-26-28-30-32-34-36-39-42-46-64-55-56(65-47-43-40-37-35-33-31-29-27-25-23-21-19-16-13-10-6-2)57(59)58(44-41-38-17-14-11-7-3)45-48-61-51-52-63-54-53-62-50-49-60-8-4/h24-27,56H,5-23,28-55H2,1-4H3/b26-24-,27-25-. The first kappa shape index (κ1) is 63.7. The molecule has 0 bridgehead atoms. The van der Waals surface area contributed by atoms with Crippen molar-refractivity contribution >= 4 is 5.91 Å². The summed E-state index contributed by atoms with van der Waals surface area (Å²) in [5.41, 5.74) is 0. The maximum atomic E-state index is 14.2. The highest BCUT2D eigenvalue weighted by atomic mass is 16.6. The number of amides is 1. The second-order valence-electron chi connectivity index (χ2n) is 18.4. The van der Waals surface area contributed by atoms with Gasteiger partial charge in [-0.15, -0.1) is 0 Å². The summed E-state index contributed by atoms with van der Waals surface area (Å²) in [6.45, 7) is 16.2. The van der Waals surface area contributed by atoms with Gasteiger partial charge in [-0.25, -0.2) is 0 Å². The fraction of sp³-hybridized carbons (Fsp3) is 0.912. The summed E-state index contributed by atoms with van der Waals surface area (Å²) in [7, 11) is 0. The van der Waals surface area contributed by atoms with Crippen molar-refractivity contribution in [1.29, 1.82) is 0 Å². The number of allylic oxidation sites excluding steroid dienone is 4. The van der Waals surface area contributed by atoms with Gasteiger partial charge in [0.1, 0.15) is 0 Å². The van der Waals surface area contributed by atoms with E-state index in [2.05, 4.69) is 45.1 Å². The lowest BCUT2D eigenvalue weighted by Crippen LogP contribution is -2.45. The van der Waals surface area contributed by atoms with Crippen molar-refractivity contribution < 1.29 is 33.2 Å². The molecule has 0 aromatic carbocycles. The van der Waals surface area contributed by atoms with Gasteiger partial charge in [0, 0.05) is 32.9 Å². The van der Waals surface area contributed by atoms with E-state index < -0.39 is 6.10 Å². The number of unbranched alkanes of at least 4 members (excludes halogenated alkanes) is 29. The van der Waals surface area contributed by atoms with Gasteiger partial charge in [0.2, 0.25) is 0 Å².